The maximum Gasteiger partial charge on any atom is 0.319 e. The van der Waals surface area contributed by atoms with Gasteiger partial charge in [-0.1, -0.05) is 18.2 Å². The molecule has 1 aliphatic rings. The van der Waals surface area contributed by atoms with E-state index in [4.69, 9.17) is 9.84 Å². The van der Waals surface area contributed by atoms with E-state index in [-0.39, 0.29) is 18.6 Å². The molecule has 0 bridgehead atoms. The van der Waals surface area contributed by atoms with Crippen molar-refractivity contribution in [2.45, 2.75) is 25.9 Å². The lowest BCUT2D eigenvalue weighted by atomic mass is 10.0. The maximum absolute atomic E-state index is 11.9. The minimum Gasteiger partial charge on any atom is -0.481 e. The van der Waals surface area contributed by atoms with Crippen LogP contribution in [0, 0.1) is 5.92 Å². The van der Waals surface area contributed by atoms with Crippen LogP contribution in [0.25, 0.3) is 0 Å². The number of rotatable bonds is 5. The summed E-state index contributed by atoms with van der Waals surface area (Å²) in [4.78, 5) is 22.7. The summed E-state index contributed by atoms with van der Waals surface area (Å²) in [5.74, 6) is -0.605. The van der Waals surface area contributed by atoms with Crippen molar-refractivity contribution >= 4 is 17.7 Å². The topological polar surface area (TPSA) is 87.7 Å². The first-order chi connectivity index (χ1) is 10.1. The van der Waals surface area contributed by atoms with Gasteiger partial charge in [0.1, 0.15) is 0 Å². The van der Waals surface area contributed by atoms with Gasteiger partial charge in [0.15, 0.2) is 0 Å². The van der Waals surface area contributed by atoms with Crippen LogP contribution in [0.3, 0.4) is 0 Å². The molecule has 6 heteroatoms. The van der Waals surface area contributed by atoms with Gasteiger partial charge in [-0.25, -0.2) is 4.79 Å². The second kappa shape index (κ2) is 7.08. The lowest BCUT2D eigenvalue weighted by Crippen LogP contribution is -2.35. The van der Waals surface area contributed by atoms with Crippen LogP contribution in [0.2, 0.25) is 0 Å². The summed E-state index contributed by atoms with van der Waals surface area (Å²) in [6.45, 7) is 3.28. The summed E-state index contributed by atoms with van der Waals surface area (Å²) in [5.41, 5.74) is 1.10. The number of hydrogen-bond donors (Lipinski definition) is 3. The molecule has 2 amide bonds. The molecule has 0 radical (unpaired) electrons. The van der Waals surface area contributed by atoms with Crippen LogP contribution in [0.5, 0.6) is 0 Å². The molecule has 114 valence electrons. The first-order valence-electron chi connectivity index (χ1n) is 7.02. The third-order valence-corrected chi connectivity index (χ3v) is 3.67. The summed E-state index contributed by atoms with van der Waals surface area (Å²) in [6, 6.07) is 6.56. The number of para-hydroxylation sites is 1. The van der Waals surface area contributed by atoms with Crippen LogP contribution in [0.15, 0.2) is 24.3 Å². The molecule has 2 unspecified atom stereocenters. The fourth-order valence-electron chi connectivity index (χ4n) is 2.39. The highest BCUT2D eigenvalue weighted by Gasteiger charge is 2.24. The van der Waals surface area contributed by atoms with Crippen LogP contribution >= 0.6 is 0 Å². The molecular formula is C15H20N2O4. The average molecular weight is 292 g/mol. The van der Waals surface area contributed by atoms with E-state index in [1.165, 1.54) is 0 Å². The fraction of sp³-hybridized carbons (Fsp3) is 0.467. The SMILES string of the molecule is CC1OCCC1CNC(=O)Nc1ccccc1CC(=O)O. The second-order valence-corrected chi connectivity index (χ2v) is 5.19. The number of ether oxygens (including phenoxy) is 1. The van der Waals surface area contributed by atoms with Gasteiger partial charge in [0.25, 0.3) is 0 Å². The summed E-state index contributed by atoms with van der Waals surface area (Å²) in [7, 11) is 0. The van der Waals surface area contributed by atoms with E-state index in [1.54, 1.807) is 24.3 Å². The van der Waals surface area contributed by atoms with Crippen molar-refractivity contribution in [2.75, 3.05) is 18.5 Å². The molecule has 0 aromatic heterocycles. The van der Waals surface area contributed by atoms with Crippen molar-refractivity contribution < 1.29 is 19.4 Å². The molecule has 0 spiro atoms. The Bertz CT molecular complexity index is 518. The Kier molecular flexibility index (Phi) is 5.16. The Hall–Kier alpha value is -2.08. The second-order valence-electron chi connectivity index (χ2n) is 5.19. The number of carbonyl (C=O) groups excluding carboxylic acids is 1. The van der Waals surface area contributed by atoms with Crippen molar-refractivity contribution in [3.63, 3.8) is 0 Å². The number of carbonyl (C=O) groups is 2. The molecule has 1 fully saturated rings. The molecule has 1 aliphatic heterocycles. The number of urea groups is 1. The quantitative estimate of drug-likeness (QED) is 0.773. The van der Waals surface area contributed by atoms with Gasteiger partial charge < -0.3 is 20.5 Å². The van der Waals surface area contributed by atoms with Crippen molar-refractivity contribution in [3.8, 4) is 0 Å². The first-order valence-corrected chi connectivity index (χ1v) is 7.02. The van der Waals surface area contributed by atoms with E-state index in [0.29, 0.717) is 23.7 Å². The zero-order chi connectivity index (χ0) is 15.2. The number of carboxylic acid groups (broad SMARTS) is 1. The number of carboxylic acids is 1. The Morgan fingerprint density at radius 2 is 2.14 bits per heavy atom. The standard InChI is InChI=1S/C15H20N2O4/c1-10-12(6-7-21-10)9-16-15(20)17-13-5-3-2-4-11(13)8-14(18)19/h2-5,10,12H,6-9H2,1H3,(H,18,19)(H2,16,17,20). The summed E-state index contributed by atoms with van der Waals surface area (Å²) in [5, 5.41) is 14.4. The number of amides is 2. The van der Waals surface area contributed by atoms with Crippen LogP contribution in [0.1, 0.15) is 18.9 Å². The Balaban J connectivity index is 1.89. The molecule has 1 saturated heterocycles. The summed E-state index contributed by atoms with van der Waals surface area (Å²) >= 11 is 0. The van der Waals surface area contributed by atoms with Gasteiger partial charge >= 0.3 is 12.0 Å². The monoisotopic (exact) mass is 292 g/mol. The Morgan fingerprint density at radius 1 is 1.38 bits per heavy atom. The highest BCUT2D eigenvalue weighted by molar-refractivity contribution is 5.90. The zero-order valence-electron chi connectivity index (χ0n) is 12.0. The summed E-state index contributed by atoms with van der Waals surface area (Å²) < 4.78 is 5.44. The number of hydrogen-bond acceptors (Lipinski definition) is 3. The van der Waals surface area contributed by atoms with Crippen LogP contribution in [0.4, 0.5) is 10.5 Å². The third-order valence-electron chi connectivity index (χ3n) is 3.67. The van der Waals surface area contributed by atoms with Crippen molar-refractivity contribution in [1.29, 1.82) is 0 Å². The number of anilines is 1. The smallest absolute Gasteiger partial charge is 0.319 e. The molecule has 21 heavy (non-hydrogen) atoms. The minimum atomic E-state index is -0.929. The molecule has 2 atom stereocenters. The molecular weight excluding hydrogens is 272 g/mol. The van der Waals surface area contributed by atoms with E-state index in [2.05, 4.69) is 10.6 Å². The molecule has 1 aromatic rings. The lowest BCUT2D eigenvalue weighted by Gasteiger charge is -2.16. The van der Waals surface area contributed by atoms with E-state index < -0.39 is 5.97 Å². The summed E-state index contributed by atoms with van der Waals surface area (Å²) in [6.07, 6.45) is 0.977. The normalized spacial score (nSPS) is 21.0. The first kappa shape index (κ1) is 15.3. The maximum atomic E-state index is 11.9. The minimum absolute atomic E-state index is 0.121. The van der Waals surface area contributed by atoms with Crippen molar-refractivity contribution in [1.82, 2.24) is 5.32 Å². The molecule has 1 heterocycles. The fourth-order valence-corrected chi connectivity index (χ4v) is 2.39. The predicted octanol–water partition coefficient (Wildman–Crippen LogP) is 1.86. The van der Waals surface area contributed by atoms with E-state index in [9.17, 15) is 9.59 Å². The van der Waals surface area contributed by atoms with Gasteiger partial charge in [-0.05, 0) is 25.0 Å². The van der Waals surface area contributed by atoms with E-state index >= 15 is 0 Å². The largest absolute Gasteiger partial charge is 0.481 e. The Morgan fingerprint density at radius 3 is 2.81 bits per heavy atom. The number of aliphatic carboxylic acids is 1. The third kappa shape index (κ3) is 4.46. The van der Waals surface area contributed by atoms with Gasteiger partial charge in [0.2, 0.25) is 0 Å². The van der Waals surface area contributed by atoms with Gasteiger partial charge in [-0.3, -0.25) is 4.79 Å². The molecule has 1 aromatic carbocycles. The highest BCUT2D eigenvalue weighted by atomic mass is 16.5. The van der Waals surface area contributed by atoms with Crippen molar-refractivity contribution in [3.05, 3.63) is 29.8 Å². The predicted molar refractivity (Wildman–Crippen MR) is 78.3 cm³/mol. The number of nitrogens with one attached hydrogen (secondary N) is 2. The van der Waals surface area contributed by atoms with Crippen LogP contribution in [-0.2, 0) is 16.0 Å². The van der Waals surface area contributed by atoms with Gasteiger partial charge in [0.05, 0.1) is 12.5 Å². The zero-order valence-corrected chi connectivity index (χ0v) is 12.0. The van der Waals surface area contributed by atoms with E-state index in [0.717, 1.165) is 13.0 Å². The van der Waals surface area contributed by atoms with Gasteiger partial charge in [-0.15, -0.1) is 0 Å². The van der Waals surface area contributed by atoms with E-state index in [1.807, 2.05) is 6.92 Å². The molecule has 0 aliphatic carbocycles. The van der Waals surface area contributed by atoms with Crippen molar-refractivity contribution in [2.24, 2.45) is 5.92 Å². The molecule has 0 saturated carbocycles. The van der Waals surface area contributed by atoms with Crippen LogP contribution < -0.4 is 10.6 Å². The average Bonchev–Trinajstić information content (AvgIpc) is 2.84. The number of benzene rings is 1. The van der Waals surface area contributed by atoms with Crippen LogP contribution in [-0.4, -0.2) is 36.4 Å². The lowest BCUT2D eigenvalue weighted by molar-refractivity contribution is -0.136. The molecule has 3 N–H and O–H groups in total. The van der Waals surface area contributed by atoms with Gasteiger partial charge in [0, 0.05) is 24.8 Å². The van der Waals surface area contributed by atoms with Gasteiger partial charge in [-0.2, -0.15) is 0 Å². The Labute approximate surface area is 123 Å². The molecule has 6 nitrogen and oxygen atoms in total. The highest BCUT2D eigenvalue weighted by Crippen LogP contribution is 2.19. The molecule has 2 rings (SSSR count).